The molecule has 4 rings (SSSR count). The number of aromatic nitrogens is 3. The predicted octanol–water partition coefficient (Wildman–Crippen LogP) is 1.60. The largest absolute Gasteiger partial charge is 0.486 e. The first-order valence-corrected chi connectivity index (χ1v) is 8.24. The third kappa shape index (κ3) is 2.69. The molecule has 7 nitrogen and oxygen atoms in total. The van der Waals surface area contributed by atoms with E-state index in [1.165, 1.54) is 0 Å². The highest BCUT2D eigenvalue weighted by Crippen LogP contribution is 2.38. The lowest BCUT2D eigenvalue weighted by atomic mass is 10.1. The summed E-state index contributed by atoms with van der Waals surface area (Å²) in [4.78, 5) is 14.4. The molecule has 2 aromatic rings. The average Bonchev–Trinajstić information content (AvgIpc) is 2.95. The van der Waals surface area contributed by atoms with E-state index in [2.05, 4.69) is 10.2 Å². The van der Waals surface area contributed by atoms with Crippen LogP contribution in [0.15, 0.2) is 12.1 Å². The van der Waals surface area contributed by atoms with Crippen LogP contribution in [0, 0.1) is 6.92 Å². The van der Waals surface area contributed by atoms with Gasteiger partial charge in [0.05, 0.1) is 18.0 Å². The van der Waals surface area contributed by atoms with Crippen molar-refractivity contribution in [1.29, 1.82) is 0 Å². The van der Waals surface area contributed by atoms with Gasteiger partial charge >= 0.3 is 0 Å². The number of carbonyl (C=O) groups excluding carboxylic acids is 1. The molecule has 0 N–H and O–H groups in total. The molecule has 8 heteroatoms. The Morgan fingerprint density at radius 1 is 1.25 bits per heavy atom. The molecule has 24 heavy (non-hydrogen) atoms. The van der Waals surface area contributed by atoms with Crippen molar-refractivity contribution >= 4 is 17.5 Å². The number of benzene rings is 1. The summed E-state index contributed by atoms with van der Waals surface area (Å²) in [5, 5.41) is 8.67. The van der Waals surface area contributed by atoms with Crippen molar-refractivity contribution in [2.45, 2.75) is 26.4 Å². The van der Waals surface area contributed by atoms with Gasteiger partial charge in [-0.3, -0.25) is 4.79 Å². The molecule has 1 amide bonds. The van der Waals surface area contributed by atoms with Crippen LogP contribution in [0.1, 0.15) is 17.2 Å². The second-order valence-electron chi connectivity index (χ2n) is 5.91. The predicted molar refractivity (Wildman–Crippen MR) is 86.3 cm³/mol. The Morgan fingerprint density at radius 2 is 2.08 bits per heavy atom. The Bertz CT molecular complexity index is 805. The molecule has 126 valence electrons. The number of hydrogen-bond donors (Lipinski definition) is 0. The Kier molecular flexibility index (Phi) is 3.80. The molecule has 0 radical (unpaired) electrons. The number of hydrogen-bond acceptors (Lipinski definition) is 5. The lowest BCUT2D eigenvalue weighted by Crippen LogP contribution is -2.39. The number of aryl methyl sites for hydroxylation is 1. The minimum atomic E-state index is 0.0367. The SMILES string of the molecule is Cc1nnc2n1CCN(C(=O)Cc1cc(Cl)c3c(c1)OCCO3)C2. The molecule has 0 saturated carbocycles. The molecular weight excluding hydrogens is 332 g/mol. The molecule has 0 spiro atoms. The molecule has 2 aliphatic heterocycles. The highest BCUT2D eigenvalue weighted by atomic mass is 35.5. The van der Waals surface area contributed by atoms with Gasteiger partial charge in [0, 0.05) is 13.1 Å². The van der Waals surface area contributed by atoms with Crippen molar-refractivity contribution in [2.24, 2.45) is 0 Å². The summed E-state index contributed by atoms with van der Waals surface area (Å²) >= 11 is 6.23. The quantitative estimate of drug-likeness (QED) is 0.824. The first-order chi connectivity index (χ1) is 11.6. The van der Waals surface area contributed by atoms with Crippen molar-refractivity contribution in [3.8, 4) is 11.5 Å². The van der Waals surface area contributed by atoms with Gasteiger partial charge in [0.2, 0.25) is 5.91 Å². The van der Waals surface area contributed by atoms with Gasteiger partial charge in [-0.25, -0.2) is 0 Å². The first-order valence-electron chi connectivity index (χ1n) is 7.86. The molecular formula is C16H17ClN4O3. The molecule has 3 heterocycles. The third-order valence-corrected chi connectivity index (χ3v) is 4.58. The normalized spacial score (nSPS) is 16.0. The van der Waals surface area contributed by atoms with Crippen LogP contribution in [0.25, 0.3) is 0 Å². The maximum atomic E-state index is 12.6. The third-order valence-electron chi connectivity index (χ3n) is 4.30. The Hall–Kier alpha value is -2.28. The molecule has 0 aliphatic carbocycles. The van der Waals surface area contributed by atoms with E-state index in [1.807, 2.05) is 17.6 Å². The van der Waals surface area contributed by atoms with E-state index in [4.69, 9.17) is 21.1 Å². The Labute approximate surface area is 144 Å². The highest BCUT2D eigenvalue weighted by Gasteiger charge is 2.24. The number of rotatable bonds is 2. The molecule has 2 aliphatic rings. The van der Waals surface area contributed by atoms with Crippen LogP contribution in [-0.2, 0) is 24.3 Å². The van der Waals surface area contributed by atoms with E-state index in [1.54, 1.807) is 11.0 Å². The Morgan fingerprint density at radius 3 is 2.96 bits per heavy atom. The molecule has 1 aromatic carbocycles. The summed E-state index contributed by atoms with van der Waals surface area (Å²) in [6, 6.07) is 3.60. The average molecular weight is 349 g/mol. The van der Waals surface area contributed by atoms with Crippen LogP contribution in [0.3, 0.4) is 0 Å². The van der Waals surface area contributed by atoms with Gasteiger partial charge in [0.1, 0.15) is 19.0 Å². The van der Waals surface area contributed by atoms with Gasteiger partial charge in [-0.05, 0) is 24.6 Å². The summed E-state index contributed by atoms with van der Waals surface area (Å²) < 4.78 is 13.1. The standard InChI is InChI=1S/C16H17ClN4O3/c1-10-18-19-14-9-20(2-3-21(10)14)15(22)8-11-6-12(17)16-13(7-11)23-4-5-24-16/h6-7H,2-5,8-9H2,1H3. The second-order valence-corrected chi connectivity index (χ2v) is 6.32. The van der Waals surface area contributed by atoms with Gasteiger partial charge in [-0.1, -0.05) is 11.6 Å². The lowest BCUT2D eigenvalue weighted by Gasteiger charge is -2.28. The monoisotopic (exact) mass is 348 g/mol. The van der Waals surface area contributed by atoms with Crippen molar-refractivity contribution in [3.05, 3.63) is 34.4 Å². The summed E-state index contributed by atoms with van der Waals surface area (Å²) in [7, 11) is 0. The van der Waals surface area contributed by atoms with E-state index in [-0.39, 0.29) is 12.3 Å². The van der Waals surface area contributed by atoms with Gasteiger partial charge in [-0.15, -0.1) is 10.2 Å². The number of nitrogens with zero attached hydrogens (tertiary/aromatic N) is 4. The zero-order valence-corrected chi connectivity index (χ0v) is 14.0. The van der Waals surface area contributed by atoms with E-state index in [0.717, 1.165) is 23.8 Å². The summed E-state index contributed by atoms with van der Waals surface area (Å²) in [5.74, 6) is 2.91. The Balaban J connectivity index is 1.50. The number of amides is 1. The lowest BCUT2D eigenvalue weighted by molar-refractivity contribution is -0.132. The molecule has 1 aromatic heterocycles. The molecule has 0 atom stereocenters. The van der Waals surface area contributed by atoms with Crippen molar-refractivity contribution in [3.63, 3.8) is 0 Å². The van der Waals surface area contributed by atoms with Crippen molar-refractivity contribution in [1.82, 2.24) is 19.7 Å². The van der Waals surface area contributed by atoms with E-state index >= 15 is 0 Å². The van der Waals surface area contributed by atoms with Crippen LogP contribution in [-0.4, -0.2) is 45.3 Å². The number of ether oxygens (including phenoxy) is 2. The van der Waals surface area contributed by atoms with Crippen LogP contribution >= 0.6 is 11.6 Å². The van der Waals surface area contributed by atoms with E-state index < -0.39 is 0 Å². The summed E-state index contributed by atoms with van der Waals surface area (Å²) in [6.45, 7) is 4.76. The first kappa shape index (κ1) is 15.3. The molecule has 0 unspecified atom stereocenters. The molecule has 0 fully saturated rings. The minimum absolute atomic E-state index is 0.0367. The number of halogens is 1. The maximum absolute atomic E-state index is 12.6. The van der Waals surface area contributed by atoms with Gasteiger partial charge in [0.25, 0.3) is 0 Å². The van der Waals surface area contributed by atoms with Gasteiger partial charge in [-0.2, -0.15) is 0 Å². The highest BCUT2D eigenvalue weighted by molar-refractivity contribution is 6.32. The molecule has 0 bridgehead atoms. The number of carbonyl (C=O) groups is 1. The van der Waals surface area contributed by atoms with Crippen molar-refractivity contribution < 1.29 is 14.3 Å². The summed E-state index contributed by atoms with van der Waals surface area (Å²) in [5.41, 5.74) is 0.817. The zero-order chi connectivity index (χ0) is 16.7. The number of fused-ring (bicyclic) bond motifs is 2. The topological polar surface area (TPSA) is 69.5 Å². The van der Waals surface area contributed by atoms with Crippen molar-refractivity contribution in [2.75, 3.05) is 19.8 Å². The molecule has 0 saturated heterocycles. The minimum Gasteiger partial charge on any atom is -0.486 e. The fraction of sp³-hybridized carbons (Fsp3) is 0.438. The maximum Gasteiger partial charge on any atom is 0.227 e. The fourth-order valence-corrected chi connectivity index (χ4v) is 3.36. The van der Waals surface area contributed by atoms with Crippen LogP contribution in [0.2, 0.25) is 5.02 Å². The van der Waals surface area contributed by atoms with Gasteiger partial charge < -0.3 is 18.9 Å². The van der Waals surface area contributed by atoms with E-state index in [9.17, 15) is 4.79 Å². The second kappa shape index (κ2) is 5.98. The van der Waals surface area contributed by atoms with Crippen LogP contribution in [0.4, 0.5) is 0 Å². The van der Waals surface area contributed by atoms with Gasteiger partial charge in [0.15, 0.2) is 17.3 Å². The van der Waals surface area contributed by atoms with Crippen LogP contribution < -0.4 is 9.47 Å². The van der Waals surface area contributed by atoms with Crippen LogP contribution in [0.5, 0.6) is 11.5 Å². The fourth-order valence-electron chi connectivity index (χ4n) is 3.07. The smallest absolute Gasteiger partial charge is 0.227 e. The van der Waals surface area contributed by atoms with E-state index in [0.29, 0.717) is 42.8 Å². The summed E-state index contributed by atoms with van der Waals surface area (Å²) in [6.07, 6.45) is 0.267. The zero-order valence-electron chi connectivity index (χ0n) is 13.3.